The molecule has 5 rings (SSSR count). The van der Waals surface area contributed by atoms with Crippen LogP contribution in [-0.2, 0) is 7.05 Å². The molecule has 3 aromatic heterocycles. The first-order valence-corrected chi connectivity index (χ1v) is 10.7. The Kier molecular flexibility index (Phi) is 4.94. The van der Waals surface area contributed by atoms with Crippen molar-refractivity contribution in [2.75, 3.05) is 0 Å². The summed E-state index contributed by atoms with van der Waals surface area (Å²) in [4.78, 5) is 8.90. The van der Waals surface area contributed by atoms with E-state index in [0.717, 1.165) is 34.0 Å². The monoisotopic (exact) mass is 437 g/mol. The maximum Gasteiger partial charge on any atom is 0.224 e. The van der Waals surface area contributed by atoms with Crippen molar-refractivity contribution < 1.29 is 4.74 Å². The average molecular weight is 438 g/mol. The van der Waals surface area contributed by atoms with Gasteiger partial charge >= 0.3 is 0 Å². The van der Waals surface area contributed by atoms with E-state index in [1.165, 1.54) is 0 Å². The number of aromatic nitrogens is 5. The van der Waals surface area contributed by atoms with Gasteiger partial charge in [0.25, 0.3) is 0 Å². The molecule has 0 saturated heterocycles. The summed E-state index contributed by atoms with van der Waals surface area (Å²) in [5.74, 6) is 1.27. The van der Waals surface area contributed by atoms with E-state index in [4.69, 9.17) is 10.5 Å². The first kappa shape index (κ1) is 20.5. The third kappa shape index (κ3) is 3.34. The van der Waals surface area contributed by atoms with Crippen LogP contribution >= 0.6 is 0 Å². The lowest BCUT2D eigenvalue weighted by molar-refractivity contribution is 0.358. The number of ether oxygens (including phenoxy) is 1. The van der Waals surface area contributed by atoms with Gasteiger partial charge in [-0.3, -0.25) is 9.55 Å². The molecule has 0 aliphatic carbocycles. The van der Waals surface area contributed by atoms with Gasteiger partial charge in [0.15, 0.2) is 5.82 Å². The van der Waals surface area contributed by atoms with Gasteiger partial charge in [0.2, 0.25) is 11.8 Å². The van der Waals surface area contributed by atoms with Crippen molar-refractivity contribution in [1.82, 2.24) is 24.3 Å². The maximum atomic E-state index is 9.91. The number of allylic oxidation sites excluding steroid dienone is 1. The Morgan fingerprint density at radius 2 is 1.88 bits per heavy atom. The standard InChI is InChI=1S/C25H23N7O/c1-15(2)22-21-20(18(14-26)23(27)33-25(21)31(3)30-22)16-7-9-17(10-8-16)32-13-12-29-24(32)19-6-4-5-11-28-19/h4-13,15,20H,27H2,1-3H3. The zero-order chi connectivity index (χ0) is 23.1. The molecule has 1 aromatic carbocycles. The number of pyridine rings is 1. The van der Waals surface area contributed by atoms with E-state index in [1.807, 2.05) is 60.3 Å². The van der Waals surface area contributed by atoms with Crippen LogP contribution < -0.4 is 10.5 Å². The zero-order valence-electron chi connectivity index (χ0n) is 18.6. The predicted molar refractivity (Wildman–Crippen MR) is 123 cm³/mol. The Morgan fingerprint density at radius 1 is 1.09 bits per heavy atom. The fourth-order valence-corrected chi connectivity index (χ4v) is 4.29. The molecule has 1 unspecified atom stereocenters. The van der Waals surface area contributed by atoms with Gasteiger partial charge in [0, 0.05) is 31.3 Å². The summed E-state index contributed by atoms with van der Waals surface area (Å²) in [6, 6.07) is 16.1. The highest BCUT2D eigenvalue weighted by atomic mass is 16.5. The molecule has 33 heavy (non-hydrogen) atoms. The number of rotatable bonds is 4. The fourth-order valence-electron chi connectivity index (χ4n) is 4.29. The summed E-state index contributed by atoms with van der Waals surface area (Å²) in [6.45, 7) is 4.16. The van der Waals surface area contributed by atoms with E-state index in [9.17, 15) is 5.26 Å². The van der Waals surface area contributed by atoms with Crippen LogP contribution in [0.2, 0.25) is 0 Å². The minimum atomic E-state index is -0.350. The predicted octanol–water partition coefficient (Wildman–Crippen LogP) is 4.01. The SMILES string of the molecule is CC(C)c1nn(C)c2c1C(c1ccc(-n3ccnc3-c3ccccn3)cc1)C(C#N)=C(N)O2. The van der Waals surface area contributed by atoms with Crippen LogP contribution in [0.4, 0.5) is 0 Å². The molecule has 4 heterocycles. The Labute approximate surface area is 191 Å². The number of fused-ring (bicyclic) bond motifs is 1. The zero-order valence-corrected chi connectivity index (χ0v) is 18.6. The highest BCUT2D eigenvalue weighted by molar-refractivity contribution is 5.58. The molecule has 4 aromatic rings. The molecule has 0 fully saturated rings. The lowest BCUT2D eigenvalue weighted by Crippen LogP contribution is -2.22. The second-order valence-electron chi connectivity index (χ2n) is 8.23. The molecular weight excluding hydrogens is 414 g/mol. The molecule has 8 heteroatoms. The van der Waals surface area contributed by atoms with Crippen LogP contribution in [0.15, 0.2) is 72.5 Å². The van der Waals surface area contributed by atoms with Crippen molar-refractivity contribution in [3.63, 3.8) is 0 Å². The second kappa shape index (κ2) is 7.95. The Bertz CT molecular complexity index is 1390. The Hall–Kier alpha value is -4.38. The minimum absolute atomic E-state index is 0.115. The van der Waals surface area contributed by atoms with E-state index >= 15 is 0 Å². The number of nitrogens with two attached hydrogens (primary N) is 1. The highest BCUT2D eigenvalue weighted by Gasteiger charge is 2.36. The van der Waals surface area contributed by atoms with Crippen LogP contribution in [0.5, 0.6) is 5.88 Å². The smallest absolute Gasteiger partial charge is 0.224 e. The normalized spacial score (nSPS) is 15.3. The van der Waals surface area contributed by atoms with Gasteiger partial charge in [0.05, 0.1) is 17.2 Å². The van der Waals surface area contributed by atoms with E-state index in [1.54, 1.807) is 17.1 Å². The van der Waals surface area contributed by atoms with Crippen LogP contribution in [0.25, 0.3) is 17.2 Å². The van der Waals surface area contributed by atoms with Crippen LogP contribution in [-0.4, -0.2) is 24.3 Å². The van der Waals surface area contributed by atoms with Gasteiger partial charge in [0.1, 0.15) is 17.3 Å². The topological polar surface area (TPSA) is 108 Å². The molecule has 0 spiro atoms. The molecule has 0 radical (unpaired) electrons. The summed E-state index contributed by atoms with van der Waals surface area (Å²) in [6.07, 6.45) is 5.41. The van der Waals surface area contributed by atoms with Crippen molar-refractivity contribution >= 4 is 0 Å². The van der Waals surface area contributed by atoms with Crippen molar-refractivity contribution in [1.29, 1.82) is 5.26 Å². The van der Waals surface area contributed by atoms with Gasteiger partial charge in [-0.1, -0.05) is 32.0 Å². The number of hydrogen-bond donors (Lipinski definition) is 1. The van der Waals surface area contributed by atoms with Gasteiger partial charge in [-0.2, -0.15) is 10.4 Å². The second-order valence-corrected chi connectivity index (χ2v) is 8.23. The van der Waals surface area contributed by atoms with E-state index < -0.39 is 0 Å². The van der Waals surface area contributed by atoms with E-state index in [-0.39, 0.29) is 17.7 Å². The molecule has 1 atom stereocenters. The summed E-state index contributed by atoms with van der Waals surface area (Å²) in [5.41, 5.74) is 11.0. The van der Waals surface area contributed by atoms with Gasteiger partial charge in [-0.25, -0.2) is 9.67 Å². The molecule has 8 nitrogen and oxygen atoms in total. The molecule has 0 amide bonds. The molecule has 2 N–H and O–H groups in total. The van der Waals surface area contributed by atoms with Crippen LogP contribution in [0, 0.1) is 11.3 Å². The molecule has 164 valence electrons. The quantitative estimate of drug-likeness (QED) is 0.517. The first-order valence-electron chi connectivity index (χ1n) is 10.7. The number of hydrogen-bond acceptors (Lipinski definition) is 6. The third-order valence-electron chi connectivity index (χ3n) is 5.81. The van der Waals surface area contributed by atoms with E-state index in [2.05, 4.69) is 35.0 Å². The maximum absolute atomic E-state index is 9.91. The Morgan fingerprint density at radius 3 is 2.55 bits per heavy atom. The highest BCUT2D eigenvalue weighted by Crippen LogP contribution is 2.45. The lowest BCUT2D eigenvalue weighted by Gasteiger charge is -2.25. The van der Waals surface area contributed by atoms with Crippen LogP contribution in [0.3, 0.4) is 0 Å². The third-order valence-corrected chi connectivity index (χ3v) is 5.81. The average Bonchev–Trinajstić information content (AvgIpc) is 3.44. The molecule has 1 aliphatic rings. The number of benzene rings is 1. The molecule has 1 aliphatic heterocycles. The number of imidazole rings is 1. The Balaban J connectivity index is 1.60. The van der Waals surface area contributed by atoms with Crippen LogP contribution in [0.1, 0.15) is 42.5 Å². The van der Waals surface area contributed by atoms with Gasteiger partial charge in [-0.15, -0.1) is 0 Å². The summed E-state index contributed by atoms with van der Waals surface area (Å²) in [7, 11) is 1.83. The molecule has 0 saturated carbocycles. The molecular formula is C25H23N7O. The number of aryl methyl sites for hydroxylation is 1. The van der Waals surface area contributed by atoms with Crippen molar-refractivity contribution in [3.8, 4) is 29.2 Å². The minimum Gasteiger partial charge on any atom is -0.422 e. The van der Waals surface area contributed by atoms with E-state index in [0.29, 0.717) is 11.5 Å². The van der Waals surface area contributed by atoms with Gasteiger partial charge in [-0.05, 0) is 35.7 Å². The summed E-state index contributed by atoms with van der Waals surface area (Å²) < 4.78 is 9.49. The summed E-state index contributed by atoms with van der Waals surface area (Å²) in [5, 5.41) is 14.6. The van der Waals surface area contributed by atoms with Crippen molar-refractivity contribution in [3.05, 3.63) is 89.3 Å². The van der Waals surface area contributed by atoms with Crippen molar-refractivity contribution in [2.24, 2.45) is 12.8 Å². The summed E-state index contributed by atoms with van der Waals surface area (Å²) >= 11 is 0. The largest absolute Gasteiger partial charge is 0.422 e. The fraction of sp³-hybridized carbons (Fsp3) is 0.200. The first-order chi connectivity index (χ1) is 16.0. The van der Waals surface area contributed by atoms with Gasteiger partial charge < -0.3 is 10.5 Å². The number of nitriles is 1. The lowest BCUT2D eigenvalue weighted by atomic mass is 9.82. The van der Waals surface area contributed by atoms with Crippen molar-refractivity contribution in [2.45, 2.75) is 25.7 Å². The molecule has 0 bridgehead atoms. The number of nitrogens with zero attached hydrogens (tertiary/aromatic N) is 6.